The number of amides is 1. The second-order valence-electron chi connectivity index (χ2n) is 3.71. The average molecular weight is 264 g/mol. The van der Waals surface area contributed by atoms with Gasteiger partial charge in [0.15, 0.2) is 0 Å². The van der Waals surface area contributed by atoms with Crippen LogP contribution in [0.5, 0.6) is 0 Å². The second-order valence-corrected chi connectivity index (χ2v) is 3.71. The summed E-state index contributed by atoms with van der Waals surface area (Å²) in [6.07, 6.45) is 0. The molecule has 6 heteroatoms. The summed E-state index contributed by atoms with van der Waals surface area (Å²) in [6.45, 7) is 0.782. The van der Waals surface area contributed by atoms with Gasteiger partial charge in [0.05, 0.1) is 13.7 Å². The maximum absolute atomic E-state index is 10.8. The molecule has 1 aromatic rings. The van der Waals surface area contributed by atoms with E-state index in [0.717, 1.165) is 13.7 Å². The van der Waals surface area contributed by atoms with Crippen LogP contribution in [0.2, 0.25) is 0 Å². The lowest BCUT2D eigenvalue weighted by molar-refractivity contribution is -0.386. The van der Waals surface area contributed by atoms with Crippen LogP contribution in [0.1, 0.15) is 5.56 Å². The molecule has 6 nitrogen and oxygen atoms in total. The van der Waals surface area contributed by atoms with E-state index < -0.39 is 23.2 Å². The minimum absolute atomic E-state index is 0.108. The van der Waals surface area contributed by atoms with Crippen LogP contribution in [-0.4, -0.2) is 25.5 Å². The van der Waals surface area contributed by atoms with E-state index in [2.05, 4.69) is 27.9 Å². The molecule has 0 fully saturated rings. The number of quaternary nitrogens is 1. The predicted molar refractivity (Wildman–Crippen MR) is 65.1 cm³/mol. The van der Waals surface area contributed by atoms with E-state index in [4.69, 9.17) is 0 Å². The Morgan fingerprint density at radius 3 is 2.42 bits per heavy atom. The van der Waals surface area contributed by atoms with Gasteiger partial charge in [-0.25, -0.2) is 4.79 Å². The number of rotatable bonds is 2. The number of carbonyl (C=O) groups excluding carboxylic acids is 2. The van der Waals surface area contributed by atoms with Gasteiger partial charge in [0.2, 0.25) is 0 Å². The van der Waals surface area contributed by atoms with Gasteiger partial charge >= 0.3 is 5.97 Å². The average Bonchev–Trinajstić information content (AvgIpc) is 2.79. The molecule has 4 N–H and O–H groups in total. The lowest BCUT2D eigenvalue weighted by Gasteiger charge is -2.04. The summed E-state index contributed by atoms with van der Waals surface area (Å²) in [5.74, 6) is -2.03. The third kappa shape index (κ3) is 4.11. The lowest BCUT2D eigenvalue weighted by atomic mass is 10.2. The van der Waals surface area contributed by atoms with Crippen LogP contribution < -0.4 is 16.2 Å². The van der Waals surface area contributed by atoms with Crippen molar-refractivity contribution >= 4 is 11.9 Å². The molecule has 102 valence electrons. The minimum atomic E-state index is -0.870. The molecule has 19 heavy (non-hydrogen) atoms. The van der Waals surface area contributed by atoms with Crippen molar-refractivity contribution in [2.24, 2.45) is 0 Å². The number of carbonyl (C=O) groups is 2. The SMILES string of the molecule is COC(=O)C1=C([O-])CNC1=O.[NH3+]Cc1ccccc1. The summed E-state index contributed by atoms with van der Waals surface area (Å²) in [4.78, 5) is 21.4. The predicted octanol–water partition coefficient (Wildman–Crippen LogP) is -1.67. The van der Waals surface area contributed by atoms with Crippen LogP contribution in [0.3, 0.4) is 0 Å². The fourth-order valence-corrected chi connectivity index (χ4v) is 1.42. The Hall–Kier alpha value is -2.34. The molecule has 1 amide bonds. The summed E-state index contributed by atoms with van der Waals surface area (Å²) >= 11 is 0. The van der Waals surface area contributed by atoms with Gasteiger partial charge in [-0.1, -0.05) is 36.1 Å². The zero-order valence-corrected chi connectivity index (χ0v) is 10.6. The zero-order chi connectivity index (χ0) is 14.3. The molecule has 1 aliphatic rings. The van der Waals surface area contributed by atoms with E-state index in [1.54, 1.807) is 0 Å². The summed E-state index contributed by atoms with van der Waals surface area (Å²) in [7, 11) is 1.12. The highest BCUT2D eigenvalue weighted by Crippen LogP contribution is 2.06. The molecule has 2 rings (SSSR count). The molecule has 0 saturated carbocycles. The van der Waals surface area contributed by atoms with Gasteiger partial charge in [-0.3, -0.25) is 4.79 Å². The fourth-order valence-electron chi connectivity index (χ4n) is 1.42. The van der Waals surface area contributed by atoms with E-state index >= 15 is 0 Å². The van der Waals surface area contributed by atoms with Crippen molar-refractivity contribution < 1.29 is 25.2 Å². The number of benzene rings is 1. The molecule has 1 aromatic carbocycles. The molecule has 0 unspecified atom stereocenters. The van der Waals surface area contributed by atoms with Crippen LogP contribution in [0.4, 0.5) is 0 Å². The van der Waals surface area contributed by atoms with Crippen molar-refractivity contribution in [3.8, 4) is 0 Å². The van der Waals surface area contributed by atoms with Crippen molar-refractivity contribution in [3.63, 3.8) is 0 Å². The first-order chi connectivity index (χ1) is 9.10. The standard InChI is InChI=1S/C7H9N.C6H7NO4/c8-6-7-4-2-1-3-5-7;1-11-6(10)4-3(8)2-7-5(4)9/h1-5H,6,8H2;8H,2H2,1H3,(H,7,9). The summed E-state index contributed by atoms with van der Waals surface area (Å²) in [5, 5.41) is 13.0. The summed E-state index contributed by atoms with van der Waals surface area (Å²) in [5.41, 5.74) is 4.64. The van der Waals surface area contributed by atoms with Gasteiger partial charge in [-0.2, -0.15) is 0 Å². The van der Waals surface area contributed by atoms with Crippen LogP contribution in [-0.2, 0) is 20.9 Å². The van der Waals surface area contributed by atoms with Crippen molar-refractivity contribution in [3.05, 3.63) is 47.2 Å². The quantitative estimate of drug-likeness (QED) is 0.492. The number of nitrogens with one attached hydrogen (secondary N) is 1. The maximum atomic E-state index is 10.8. The highest BCUT2D eigenvalue weighted by Gasteiger charge is 2.23. The first kappa shape index (κ1) is 14.7. The second kappa shape index (κ2) is 7.17. The number of esters is 1. The highest BCUT2D eigenvalue weighted by molar-refractivity contribution is 6.18. The third-order valence-electron chi connectivity index (χ3n) is 2.44. The van der Waals surface area contributed by atoms with Crippen LogP contribution >= 0.6 is 0 Å². The van der Waals surface area contributed by atoms with Crippen molar-refractivity contribution in [1.82, 2.24) is 5.32 Å². The third-order valence-corrected chi connectivity index (χ3v) is 2.44. The Morgan fingerprint density at radius 1 is 1.42 bits per heavy atom. The van der Waals surface area contributed by atoms with Gasteiger partial charge in [0, 0.05) is 12.1 Å². The first-order valence-corrected chi connectivity index (χ1v) is 5.70. The molecule has 0 bridgehead atoms. The van der Waals surface area contributed by atoms with E-state index in [0.29, 0.717) is 0 Å². The molecule has 1 aliphatic heterocycles. The van der Waals surface area contributed by atoms with Crippen LogP contribution in [0.25, 0.3) is 0 Å². The molecule has 1 heterocycles. The number of ether oxygens (including phenoxy) is 1. The van der Waals surface area contributed by atoms with E-state index in [9.17, 15) is 14.7 Å². The van der Waals surface area contributed by atoms with Gasteiger partial charge in [-0.05, 0) is 0 Å². The Bertz CT molecular complexity index is 483. The number of methoxy groups -OCH3 is 1. The Morgan fingerprint density at radius 2 is 2.05 bits per heavy atom. The molecular formula is C13H16N2O4. The molecule has 0 spiro atoms. The highest BCUT2D eigenvalue weighted by atomic mass is 16.5. The largest absolute Gasteiger partial charge is 0.874 e. The van der Waals surface area contributed by atoms with Crippen LogP contribution in [0, 0.1) is 0 Å². The maximum Gasteiger partial charge on any atom is 0.342 e. The van der Waals surface area contributed by atoms with Crippen LogP contribution in [0.15, 0.2) is 41.7 Å². The topological polar surface area (TPSA) is 106 Å². The van der Waals surface area contributed by atoms with Gasteiger partial charge in [0.25, 0.3) is 5.91 Å². The number of hydrogen-bond donors (Lipinski definition) is 2. The molecule has 0 radical (unpaired) electrons. The Kier molecular flexibility index (Phi) is 5.56. The first-order valence-electron chi connectivity index (χ1n) is 5.70. The van der Waals surface area contributed by atoms with E-state index in [1.165, 1.54) is 5.56 Å². The zero-order valence-electron chi connectivity index (χ0n) is 10.6. The molecule has 0 atom stereocenters. The summed E-state index contributed by atoms with van der Waals surface area (Å²) in [6, 6.07) is 10.2. The van der Waals surface area contributed by atoms with Crippen molar-refractivity contribution in [2.45, 2.75) is 6.54 Å². The molecule has 0 aliphatic carbocycles. The van der Waals surface area contributed by atoms with Gasteiger partial charge in [-0.15, -0.1) is 0 Å². The smallest absolute Gasteiger partial charge is 0.342 e. The van der Waals surface area contributed by atoms with Crippen molar-refractivity contribution in [2.75, 3.05) is 13.7 Å². The van der Waals surface area contributed by atoms with E-state index in [1.807, 2.05) is 18.2 Å². The van der Waals surface area contributed by atoms with E-state index in [-0.39, 0.29) is 6.54 Å². The van der Waals surface area contributed by atoms with Gasteiger partial charge < -0.3 is 20.9 Å². The Balaban J connectivity index is 0.000000200. The fraction of sp³-hybridized carbons (Fsp3) is 0.231. The van der Waals surface area contributed by atoms with Crippen molar-refractivity contribution in [1.29, 1.82) is 0 Å². The molecule has 0 aromatic heterocycles. The van der Waals surface area contributed by atoms with Gasteiger partial charge in [0.1, 0.15) is 5.57 Å². The molecule has 0 saturated heterocycles. The minimum Gasteiger partial charge on any atom is -0.874 e. The number of hydrogen-bond acceptors (Lipinski definition) is 4. The lowest BCUT2D eigenvalue weighted by Crippen LogP contribution is -2.47. The normalized spacial score (nSPS) is 13.5. The summed E-state index contributed by atoms with van der Waals surface area (Å²) < 4.78 is 4.22. The Labute approximate surface area is 110 Å². The monoisotopic (exact) mass is 264 g/mol. The molecular weight excluding hydrogens is 248 g/mol.